The maximum absolute atomic E-state index is 12.5. The number of allylic oxidation sites excluding steroid dienone is 3. The first-order valence-corrected chi connectivity index (χ1v) is 36.6. The van der Waals surface area contributed by atoms with E-state index in [1.807, 2.05) is 6.08 Å². The Kier molecular flexibility index (Phi) is 68.4. The van der Waals surface area contributed by atoms with Gasteiger partial charge in [-0.1, -0.05) is 366 Å². The van der Waals surface area contributed by atoms with E-state index in [-0.39, 0.29) is 18.5 Å². The summed E-state index contributed by atoms with van der Waals surface area (Å²) in [6.07, 6.45) is 88.5. The number of aliphatic hydroxyl groups excluding tert-OH is 2. The highest BCUT2D eigenvalue weighted by Gasteiger charge is 2.18. The molecule has 0 saturated carbocycles. The van der Waals surface area contributed by atoms with Crippen LogP contribution in [0.2, 0.25) is 0 Å². The Morgan fingerprint density at radius 3 is 0.887 bits per heavy atom. The lowest BCUT2D eigenvalue weighted by molar-refractivity contribution is -0.143. The van der Waals surface area contributed by atoms with Crippen LogP contribution in [0.4, 0.5) is 0 Å². The molecule has 0 aliphatic carbocycles. The quantitative estimate of drug-likeness (QED) is 0.0320. The van der Waals surface area contributed by atoms with Crippen molar-refractivity contribution < 1.29 is 24.5 Å². The van der Waals surface area contributed by atoms with E-state index in [4.69, 9.17) is 4.74 Å². The second kappa shape index (κ2) is 69.8. The summed E-state index contributed by atoms with van der Waals surface area (Å²) < 4.78 is 5.49. The molecule has 0 fully saturated rings. The highest BCUT2D eigenvalue weighted by molar-refractivity contribution is 5.76. The molecule has 0 aromatic carbocycles. The zero-order valence-corrected chi connectivity index (χ0v) is 54.3. The number of rotatable bonds is 69. The van der Waals surface area contributed by atoms with Crippen molar-refractivity contribution in [1.82, 2.24) is 5.32 Å². The number of carbonyl (C=O) groups excluding carboxylic acids is 2. The van der Waals surface area contributed by atoms with Crippen LogP contribution in [0, 0.1) is 0 Å². The van der Waals surface area contributed by atoms with Crippen LogP contribution < -0.4 is 5.32 Å². The van der Waals surface area contributed by atoms with Gasteiger partial charge in [-0.15, -0.1) is 0 Å². The predicted octanol–water partition coefficient (Wildman–Crippen LogP) is 23.7. The average Bonchev–Trinajstić information content (AvgIpc) is 3.46. The summed E-state index contributed by atoms with van der Waals surface area (Å²) in [5.41, 5.74) is 0. The Morgan fingerprint density at radius 2 is 0.588 bits per heavy atom. The molecule has 0 saturated heterocycles. The van der Waals surface area contributed by atoms with Gasteiger partial charge < -0.3 is 20.3 Å². The molecule has 3 N–H and O–H groups in total. The molecule has 0 aliphatic heterocycles. The van der Waals surface area contributed by atoms with Crippen molar-refractivity contribution in [2.75, 3.05) is 13.2 Å². The zero-order chi connectivity index (χ0) is 57.8. The third-order valence-electron chi connectivity index (χ3n) is 17.2. The van der Waals surface area contributed by atoms with E-state index in [1.165, 1.54) is 340 Å². The van der Waals surface area contributed by atoms with Gasteiger partial charge in [0.25, 0.3) is 0 Å². The van der Waals surface area contributed by atoms with Crippen molar-refractivity contribution in [2.45, 2.75) is 424 Å². The van der Waals surface area contributed by atoms with Gasteiger partial charge in [-0.05, 0) is 57.8 Å². The van der Waals surface area contributed by atoms with E-state index in [0.717, 1.165) is 44.9 Å². The van der Waals surface area contributed by atoms with Gasteiger partial charge in [-0.25, -0.2) is 0 Å². The van der Waals surface area contributed by atoms with E-state index in [1.54, 1.807) is 6.08 Å². The molecule has 6 nitrogen and oxygen atoms in total. The minimum absolute atomic E-state index is 0.0130. The van der Waals surface area contributed by atoms with Gasteiger partial charge in [0.2, 0.25) is 5.91 Å². The summed E-state index contributed by atoms with van der Waals surface area (Å²) >= 11 is 0. The topological polar surface area (TPSA) is 95.9 Å². The third-order valence-corrected chi connectivity index (χ3v) is 17.2. The molecule has 0 heterocycles. The first-order valence-electron chi connectivity index (χ1n) is 36.6. The number of carbonyl (C=O) groups is 2. The van der Waals surface area contributed by atoms with Crippen LogP contribution in [0.1, 0.15) is 412 Å². The summed E-state index contributed by atoms with van der Waals surface area (Å²) in [6, 6.07) is -0.624. The Balaban J connectivity index is 3.34. The van der Waals surface area contributed by atoms with Crippen LogP contribution in [0.15, 0.2) is 24.3 Å². The smallest absolute Gasteiger partial charge is 0.305 e. The molecular formula is C74H143NO5. The van der Waals surface area contributed by atoms with Gasteiger partial charge in [-0.2, -0.15) is 0 Å². The average molecular weight is 1130 g/mol. The lowest BCUT2D eigenvalue weighted by Gasteiger charge is -2.20. The number of aliphatic hydroxyl groups is 2. The summed E-state index contributed by atoms with van der Waals surface area (Å²) in [6.45, 7) is 4.93. The maximum atomic E-state index is 12.5. The summed E-state index contributed by atoms with van der Waals surface area (Å²) in [4.78, 5) is 24.6. The first kappa shape index (κ1) is 78.3. The molecule has 0 aromatic rings. The van der Waals surface area contributed by atoms with Gasteiger partial charge >= 0.3 is 5.97 Å². The molecular weight excluding hydrogens is 983 g/mol. The molecule has 80 heavy (non-hydrogen) atoms. The van der Waals surface area contributed by atoms with E-state index >= 15 is 0 Å². The summed E-state index contributed by atoms with van der Waals surface area (Å²) in [5, 5.41) is 23.2. The van der Waals surface area contributed by atoms with Crippen molar-refractivity contribution in [3.63, 3.8) is 0 Å². The highest BCUT2D eigenvalue weighted by atomic mass is 16.5. The fourth-order valence-corrected chi connectivity index (χ4v) is 11.6. The van der Waals surface area contributed by atoms with E-state index in [0.29, 0.717) is 19.4 Å². The summed E-state index contributed by atoms with van der Waals surface area (Å²) in [7, 11) is 0. The fraction of sp³-hybridized carbons (Fsp3) is 0.919. The Hall–Kier alpha value is -1.66. The molecule has 0 aromatic heterocycles. The largest absolute Gasteiger partial charge is 0.466 e. The number of ether oxygens (including phenoxy) is 1. The van der Waals surface area contributed by atoms with Crippen LogP contribution >= 0.6 is 0 Å². The highest BCUT2D eigenvalue weighted by Crippen LogP contribution is 2.19. The van der Waals surface area contributed by atoms with Gasteiger partial charge in [0.15, 0.2) is 0 Å². The van der Waals surface area contributed by atoms with Crippen LogP contribution in [0.25, 0.3) is 0 Å². The molecule has 2 unspecified atom stereocenters. The molecule has 0 aliphatic rings. The van der Waals surface area contributed by atoms with Gasteiger partial charge in [0, 0.05) is 12.8 Å². The molecule has 0 bridgehead atoms. The molecule has 0 spiro atoms. The lowest BCUT2D eigenvalue weighted by Crippen LogP contribution is -2.45. The monoisotopic (exact) mass is 1130 g/mol. The van der Waals surface area contributed by atoms with E-state index in [9.17, 15) is 19.8 Å². The van der Waals surface area contributed by atoms with Crippen molar-refractivity contribution in [3.8, 4) is 0 Å². The predicted molar refractivity (Wildman–Crippen MR) is 352 cm³/mol. The second-order valence-electron chi connectivity index (χ2n) is 25.3. The standard InChI is InChI=1S/C74H143NO5/c1-3-5-7-9-11-13-15-17-19-36-39-42-46-50-54-58-62-66-72(77)71(70-76)75-73(78)67-63-59-55-51-47-43-40-37-34-32-30-28-26-24-22-20-21-23-25-27-29-31-33-35-38-41-45-49-53-57-61-65-69-80-74(79)68-64-60-56-52-48-44-18-16-14-12-10-8-6-4-2/h16,18,62,66,71-72,76-77H,3-15,17,19-61,63-65,67-70H2,1-2H3,(H,75,78)/b18-16-,66-62+. The Labute approximate surface area is 501 Å². The van der Waals surface area contributed by atoms with Crippen molar-refractivity contribution >= 4 is 11.9 Å². The van der Waals surface area contributed by atoms with Crippen molar-refractivity contribution in [2.24, 2.45) is 0 Å². The number of hydrogen-bond donors (Lipinski definition) is 3. The van der Waals surface area contributed by atoms with Crippen LogP contribution in [-0.4, -0.2) is 47.4 Å². The normalized spacial score (nSPS) is 12.6. The van der Waals surface area contributed by atoms with Crippen LogP contribution in [-0.2, 0) is 14.3 Å². The molecule has 0 radical (unpaired) electrons. The van der Waals surface area contributed by atoms with Gasteiger partial charge in [0.05, 0.1) is 25.4 Å². The number of amides is 1. The minimum Gasteiger partial charge on any atom is -0.466 e. The molecule has 2 atom stereocenters. The Morgan fingerprint density at radius 1 is 0.338 bits per heavy atom. The third kappa shape index (κ3) is 65.5. The van der Waals surface area contributed by atoms with Gasteiger partial charge in [0.1, 0.15) is 0 Å². The number of esters is 1. The van der Waals surface area contributed by atoms with E-state index < -0.39 is 12.1 Å². The van der Waals surface area contributed by atoms with Crippen molar-refractivity contribution in [3.05, 3.63) is 24.3 Å². The summed E-state index contributed by atoms with van der Waals surface area (Å²) in [5.74, 6) is -0.0470. The second-order valence-corrected chi connectivity index (χ2v) is 25.3. The SMILES string of the molecule is CCCCCCC/C=C\CCCCCCCC(=O)OCCCCCCCCCCCCCCCCCCCCCCCCCCCCCCCCCCC(=O)NC(CO)C(O)/C=C/CCCCCCCCCCCCCCCCC. The minimum atomic E-state index is -0.841. The number of unbranched alkanes of at least 4 members (excludes halogenated alkanes) is 56. The van der Waals surface area contributed by atoms with Gasteiger partial charge in [-0.3, -0.25) is 9.59 Å². The van der Waals surface area contributed by atoms with Crippen LogP contribution in [0.5, 0.6) is 0 Å². The van der Waals surface area contributed by atoms with Crippen molar-refractivity contribution in [1.29, 1.82) is 0 Å². The molecule has 6 heteroatoms. The Bertz CT molecular complexity index is 1250. The zero-order valence-electron chi connectivity index (χ0n) is 54.3. The first-order chi connectivity index (χ1) is 39.5. The number of nitrogens with one attached hydrogen (secondary N) is 1. The fourth-order valence-electron chi connectivity index (χ4n) is 11.6. The maximum Gasteiger partial charge on any atom is 0.305 e. The van der Waals surface area contributed by atoms with Crippen LogP contribution in [0.3, 0.4) is 0 Å². The molecule has 0 rings (SSSR count). The number of hydrogen-bond acceptors (Lipinski definition) is 5. The lowest BCUT2D eigenvalue weighted by atomic mass is 10.0. The molecule has 1 amide bonds. The van der Waals surface area contributed by atoms with E-state index in [2.05, 4.69) is 31.3 Å². The molecule has 474 valence electrons.